The van der Waals surface area contributed by atoms with Gasteiger partial charge in [-0.15, -0.1) is 5.10 Å². The lowest BCUT2D eigenvalue weighted by molar-refractivity contribution is 0.517. The molecule has 20 heavy (non-hydrogen) atoms. The maximum absolute atomic E-state index is 5.75. The van der Waals surface area contributed by atoms with Crippen LogP contribution in [-0.2, 0) is 13.0 Å². The van der Waals surface area contributed by atoms with E-state index in [9.17, 15) is 0 Å². The monoisotopic (exact) mass is 294 g/mol. The summed E-state index contributed by atoms with van der Waals surface area (Å²) in [5.74, 6) is 6.10. The first kappa shape index (κ1) is 15.1. The number of hydrazine groups is 1. The third-order valence-electron chi connectivity index (χ3n) is 3.30. The molecule has 0 fully saturated rings. The maximum atomic E-state index is 5.75. The highest BCUT2D eigenvalue weighted by Crippen LogP contribution is 2.28. The standard InChI is InChI=1S/C13H22N6S/c1-5-19-10(6-9(4)17-19)7-11(15-14)13-12(8(2)3)16-18-20-13/h6,8,11,15H,5,7,14H2,1-4H3. The molecule has 0 aliphatic rings. The van der Waals surface area contributed by atoms with Crippen LogP contribution >= 0.6 is 11.5 Å². The first-order chi connectivity index (χ1) is 9.56. The second-order valence-electron chi connectivity index (χ2n) is 5.19. The molecule has 1 atom stereocenters. The van der Waals surface area contributed by atoms with Crippen LogP contribution in [0.25, 0.3) is 0 Å². The molecule has 7 heteroatoms. The Balaban J connectivity index is 2.26. The van der Waals surface area contributed by atoms with E-state index < -0.39 is 0 Å². The van der Waals surface area contributed by atoms with Crippen LogP contribution in [0.1, 0.15) is 54.7 Å². The quantitative estimate of drug-likeness (QED) is 0.628. The lowest BCUT2D eigenvalue weighted by atomic mass is 10.0. The molecule has 0 bridgehead atoms. The first-order valence-electron chi connectivity index (χ1n) is 6.88. The van der Waals surface area contributed by atoms with Crippen LogP contribution in [0.3, 0.4) is 0 Å². The Kier molecular flexibility index (Phi) is 4.85. The van der Waals surface area contributed by atoms with Gasteiger partial charge in [0.2, 0.25) is 0 Å². The molecule has 1 unspecified atom stereocenters. The van der Waals surface area contributed by atoms with Gasteiger partial charge in [-0.3, -0.25) is 16.0 Å². The van der Waals surface area contributed by atoms with Crippen LogP contribution in [0, 0.1) is 6.92 Å². The van der Waals surface area contributed by atoms with E-state index in [2.05, 4.69) is 46.9 Å². The van der Waals surface area contributed by atoms with E-state index in [1.54, 1.807) is 0 Å². The number of aryl methyl sites for hydroxylation is 2. The summed E-state index contributed by atoms with van der Waals surface area (Å²) in [6, 6.07) is 2.13. The van der Waals surface area contributed by atoms with Gasteiger partial charge in [-0.25, -0.2) is 0 Å². The molecule has 0 saturated heterocycles. The Hall–Kier alpha value is -1.31. The number of hydrogen-bond acceptors (Lipinski definition) is 6. The van der Waals surface area contributed by atoms with Crippen molar-refractivity contribution in [3.8, 4) is 0 Å². The molecule has 2 rings (SSSR count). The van der Waals surface area contributed by atoms with Gasteiger partial charge in [0.15, 0.2) is 0 Å². The molecule has 0 radical (unpaired) electrons. The molecule has 0 aliphatic heterocycles. The summed E-state index contributed by atoms with van der Waals surface area (Å²) < 4.78 is 6.09. The zero-order valence-electron chi connectivity index (χ0n) is 12.4. The normalized spacial score (nSPS) is 13.1. The SMILES string of the molecule is CCn1nc(C)cc1CC(NN)c1snnc1C(C)C. The van der Waals surface area contributed by atoms with E-state index in [4.69, 9.17) is 5.84 Å². The van der Waals surface area contributed by atoms with Gasteiger partial charge in [0.25, 0.3) is 0 Å². The van der Waals surface area contributed by atoms with Crippen LogP contribution in [-0.4, -0.2) is 19.4 Å². The van der Waals surface area contributed by atoms with Crippen molar-refractivity contribution in [3.63, 3.8) is 0 Å². The second kappa shape index (κ2) is 6.43. The summed E-state index contributed by atoms with van der Waals surface area (Å²) in [6.45, 7) is 9.20. The summed E-state index contributed by atoms with van der Waals surface area (Å²) in [7, 11) is 0. The lowest BCUT2D eigenvalue weighted by Crippen LogP contribution is -2.30. The van der Waals surface area contributed by atoms with Gasteiger partial charge < -0.3 is 0 Å². The number of hydrogen-bond donors (Lipinski definition) is 2. The van der Waals surface area contributed by atoms with Crippen molar-refractivity contribution in [2.24, 2.45) is 5.84 Å². The van der Waals surface area contributed by atoms with Gasteiger partial charge in [-0.2, -0.15) is 5.10 Å². The van der Waals surface area contributed by atoms with Crippen molar-refractivity contribution < 1.29 is 0 Å². The van der Waals surface area contributed by atoms with Crippen molar-refractivity contribution in [1.82, 2.24) is 24.8 Å². The molecule has 2 aromatic rings. The number of nitrogens with zero attached hydrogens (tertiary/aromatic N) is 4. The van der Waals surface area contributed by atoms with E-state index in [1.807, 2.05) is 11.6 Å². The zero-order chi connectivity index (χ0) is 14.7. The van der Waals surface area contributed by atoms with E-state index in [0.717, 1.165) is 29.2 Å². The summed E-state index contributed by atoms with van der Waals surface area (Å²) in [5, 5.41) is 8.70. The van der Waals surface area contributed by atoms with E-state index in [0.29, 0.717) is 5.92 Å². The van der Waals surface area contributed by atoms with Crippen molar-refractivity contribution in [1.29, 1.82) is 0 Å². The van der Waals surface area contributed by atoms with Gasteiger partial charge in [0, 0.05) is 18.7 Å². The van der Waals surface area contributed by atoms with E-state index >= 15 is 0 Å². The van der Waals surface area contributed by atoms with Crippen LogP contribution < -0.4 is 11.3 Å². The Morgan fingerprint density at radius 2 is 2.20 bits per heavy atom. The number of rotatable bonds is 6. The number of nitrogens with two attached hydrogens (primary N) is 1. The Bertz CT molecular complexity index is 559. The van der Waals surface area contributed by atoms with Crippen molar-refractivity contribution in [2.45, 2.75) is 52.6 Å². The average molecular weight is 294 g/mol. The molecule has 6 nitrogen and oxygen atoms in total. The molecule has 2 heterocycles. The highest BCUT2D eigenvalue weighted by Gasteiger charge is 2.22. The topological polar surface area (TPSA) is 81.7 Å². The predicted molar refractivity (Wildman–Crippen MR) is 80.4 cm³/mol. The molecule has 0 spiro atoms. The van der Waals surface area contributed by atoms with E-state index in [1.165, 1.54) is 17.2 Å². The fourth-order valence-electron chi connectivity index (χ4n) is 2.32. The number of nitrogens with one attached hydrogen (secondary N) is 1. The Morgan fingerprint density at radius 3 is 2.80 bits per heavy atom. The highest BCUT2D eigenvalue weighted by atomic mass is 32.1. The fourth-order valence-corrected chi connectivity index (χ4v) is 3.19. The van der Waals surface area contributed by atoms with Gasteiger partial charge in [0.05, 0.1) is 22.3 Å². The van der Waals surface area contributed by atoms with Crippen LogP contribution in [0.4, 0.5) is 0 Å². The summed E-state index contributed by atoms with van der Waals surface area (Å²) >= 11 is 1.42. The minimum absolute atomic E-state index is 0.0220. The third-order valence-corrected chi connectivity index (χ3v) is 4.16. The van der Waals surface area contributed by atoms with Crippen molar-refractivity contribution >= 4 is 11.5 Å². The Labute approximate surface area is 123 Å². The van der Waals surface area contributed by atoms with E-state index in [-0.39, 0.29) is 6.04 Å². The fraction of sp³-hybridized carbons (Fsp3) is 0.615. The molecule has 2 aromatic heterocycles. The predicted octanol–water partition coefficient (Wildman–Crippen LogP) is 1.93. The molecular weight excluding hydrogens is 272 g/mol. The maximum Gasteiger partial charge on any atom is 0.0829 e. The van der Waals surface area contributed by atoms with Gasteiger partial charge in [0.1, 0.15) is 0 Å². The second-order valence-corrected chi connectivity index (χ2v) is 5.98. The smallest absolute Gasteiger partial charge is 0.0829 e. The summed E-state index contributed by atoms with van der Waals surface area (Å²) in [6.07, 6.45) is 0.786. The molecule has 3 N–H and O–H groups in total. The molecule has 110 valence electrons. The zero-order valence-corrected chi connectivity index (χ0v) is 13.2. The van der Waals surface area contributed by atoms with Crippen molar-refractivity contribution in [3.05, 3.63) is 28.0 Å². The third kappa shape index (κ3) is 3.05. The lowest BCUT2D eigenvalue weighted by Gasteiger charge is -2.16. The number of aromatic nitrogens is 4. The minimum Gasteiger partial charge on any atom is -0.271 e. The Morgan fingerprint density at radius 1 is 1.45 bits per heavy atom. The minimum atomic E-state index is 0.0220. The van der Waals surface area contributed by atoms with Crippen LogP contribution in [0.15, 0.2) is 6.07 Å². The molecule has 0 saturated carbocycles. The van der Waals surface area contributed by atoms with Crippen molar-refractivity contribution in [2.75, 3.05) is 0 Å². The van der Waals surface area contributed by atoms with Gasteiger partial charge in [-0.1, -0.05) is 18.3 Å². The summed E-state index contributed by atoms with van der Waals surface area (Å²) in [4.78, 5) is 1.11. The molecule has 0 amide bonds. The average Bonchev–Trinajstić information content (AvgIpc) is 3.02. The van der Waals surface area contributed by atoms with Crippen LogP contribution in [0.5, 0.6) is 0 Å². The first-order valence-corrected chi connectivity index (χ1v) is 7.65. The molecule has 0 aliphatic carbocycles. The highest BCUT2D eigenvalue weighted by molar-refractivity contribution is 7.05. The van der Waals surface area contributed by atoms with Crippen LogP contribution in [0.2, 0.25) is 0 Å². The summed E-state index contributed by atoms with van der Waals surface area (Å²) in [5.41, 5.74) is 6.13. The molecular formula is C13H22N6S. The molecule has 0 aromatic carbocycles. The van der Waals surface area contributed by atoms with Gasteiger partial charge in [-0.05, 0) is 37.4 Å². The largest absolute Gasteiger partial charge is 0.271 e. The van der Waals surface area contributed by atoms with Gasteiger partial charge >= 0.3 is 0 Å².